The molecule has 2 aromatic rings. The Bertz CT molecular complexity index is 574. The summed E-state index contributed by atoms with van der Waals surface area (Å²) >= 11 is 5.94. The summed E-state index contributed by atoms with van der Waals surface area (Å²) in [4.78, 5) is 0. The lowest BCUT2D eigenvalue weighted by Crippen LogP contribution is -2.18. The van der Waals surface area contributed by atoms with E-state index in [9.17, 15) is 4.39 Å². The predicted octanol–water partition coefficient (Wildman–Crippen LogP) is 4.04. The quantitative estimate of drug-likeness (QED) is 0.885. The molecule has 0 amide bonds. The Kier molecular flexibility index (Phi) is 4.40. The fraction of sp³-hybridized carbons (Fsp3) is 0.200. The van der Waals surface area contributed by atoms with Gasteiger partial charge < -0.3 is 10.4 Å². The van der Waals surface area contributed by atoms with E-state index in [2.05, 4.69) is 5.32 Å². The SMILES string of the molecule is CC(NCc1ccc(O)c(F)c1)c1cccc(Cl)c1. The lowest BCUT2D eigenvalue weighted by atomic mass is 10.1. The largest absolute Gasteiger partial charge is 0.505 e. The van der Waals surface area contributed by atoms with Gasteiger partial charge in [-0.1, -0.05) is 29.8 Å². The van der Waals surface area contributed by atoms with Crippen molar-refractivity contribution in [1.29, 1.82) is 0 Å². The molecular weight excluding hydrogens is 265 g/mol. The van der Waals surface area contributed by atoms with Gasteiger partial charge >= 0.3 is 0 Å². The van der Waals surface area contributed by atoms with Crippen LogP contribution in [0.25, 0.3) is 0 Å². The van der Waals surface area contributed by atoms with E-state index in [1.165, 1.54) is 12.1 Å². The van der Waals surface area contributed by atoms with E-state index in [-0.39, 0.29) is 11.8 Å². The first-order valence-electron chi connectivity index (χ1n) is 6.02. The van der Waals surface area contributed by atoms with Gasteiger partial charge in [0.1, 0.15) is 0 Å². The van der Waals surface area contributed by atoms with Crippen molar-refractivity contribution in [3.63, 3.8) is 0 Å². The maximum absolute atomic E-state index is 13.2. The molecule has 1 atom stereocenters. The van der Waals surface area contributed by atoms with Crippen LogP contribution in [0.15, 0.2) is 42.5 Å². The van der Waals surface area contributed by atoms with Crippen LogP contribution in [0.3, 0.4) is 0 Å². The van der Waals surface area contributed by atoms with Crippen LogP contribution < -0.4 is 5.32 Å². The number of hydrogen-bond acceptors (Lipinski definition) is 2. The predicted molar refractivity (Wildman–Crippen MR) is 74.8 cm³/mol. The maximum atomic E-state index is 13.2. The first kappa shape index (κ1) is 13.8. The van der Waals surface area contributed by atoms with Crippen molar-refractivity contribution in [3.05, 3.63) is 64.4 Å². The number of rotatable bonds is 4. The Morgan fingerprint density at radius 2 is 2.05 bits per heavy atom. The van der Waals surface area contributed by atoms with Gasteiger partial charge in [-0.15, -0.1) is 0 Å². The van der Waals surface area contributed by atoms with E-state index in [1.54, 1.807) is 6.07 Å². The zero-order chi connectivity index (χ0) is 13.8. The Morgan fingerprint density at radius 3 is 2.74 bits per heavy atom. The summed E-state index contributed by atoms with van der Waals surface area (Å²) in [7, 11) is 0. The number of aromatic hydroxyl groups is 1. The number of hydrogen-bond donors (Lipinski definition) is 2. The van der Waals surface area contributed by atoms with Gasteiger partial charge in [-0.3, -0.25) is 0 Å². The summed E-state index contributed by atoms with van der Waals surface area (Å²) < 4.78 is 13.2. The van der Waals surface area contributed by atoms with Crippen molar-refractivity contribution in [3.8, 4) is 5.75 Å². The molecule has 2 N–H and O–H groups in total. The molecule has 1 unspecified atom stereocenters. The third-order valence-electron chi connectivity index (χ3n) is 2.97. The molecule has 0 radical (unpaired) electrons. The Balaban J connectivity index is 2.00. The molecule has 0 aliphatic carbocycles. The molecule has 0 heterocycles. The number of benzene rings is 2. The number of halogens is 2. The standard InChI is InChI=1S/C15H15ClFNO/c1-10(12-3-2-4-13(16)8-12)18-9-11-5-6-15(19)14(17)7-11/h2-8,10,18-19H,9H2,1H3. The molecule has 2 aromatic carbocycles. The van der Waals surface area contributed by atoms with Crippen LogP contribution >= 0.6 is 11.6 Å². The molecule has 19 heavy (non-hydrogen) atoms. The van der Waals surface area contributed by atoms with Gasteiger partial charge in [0.2, 0.25) is 0 Å². The molecule has 0 saturated heterocycles. The van der Waals surface area contributed by atoms with Crippen molar-refractivity contribution in [2.45, 2.75) is 19.5 Å². The minimum absolute atomic E-state index is 0.107. The molecule has 2 rings (SSSR count). The van der Waals surface area contributed by atoms with E-state index < -0.39 is 5.82 Å². The minimum Gasteiger partial charge on any atom is -0.505 e. The van der Waals surface area contributed by atoms with Crippen molar-refractivity contribution in [1.82, 2.24) is 5.32 Å². The molecule has 100 valence electrons. The van der Waals surface area contributed by atoms with Crippen LogP contribution in [0.2, 0.25) is 5.02 Å². The second-order valence-electron chi connectivity index (χ2n) is 4.44. The van der Waals surface area contributed by atoms with Crippen LogP contribution in [0.4, 0.5) is 4.39 Å². The number of phenols is 1. The summed E-state index contributed by atoms with van der Waals surface area (Å²) in [5, 5.41) is 13.1. The maximum Gasteiger partial charge on any atom is 0.165 e. The highest BCUT2D eigenvalue weighted by Gasteiger charge is 2.06. The number of phenolic OH excluding ortho intramolecular Hbond substituents is 1. The molecule has 0 saturated carbocycles. The van der Waals surface area contributed by atoms with E-state index >= 15 is 0 Å². The second kappa shape index (κ2) is 6.04. The van der Waals surface area contributed by atoms with Gasteiger partial charge in [0.05, 0.1) is 0 Å². The highest BCUT2D eigenvalue weighted by atomic mass is 35.5. The van der Waals surface area contributed by atoms with Crippen LogP contribution in [0.5, 0.6) is 5.75 Å². The molecule has 4 heteroatoms. The molecule has 0 aromatic heterocycles. The smallest absolute Gasteiger partial charge is 0.165 e. The summed E-state index contributed by atoms with van der Waals surface area (Å²) in [5.74, 6) is -0.929. The molecular formula is C15H15ClFNO. The molecule has 0 aliphatic heterocycles. The van der Waals surface area contributed by atoms with Gasteiger partial charge in [0, 0.05) is 17.6 Å². The fourth-order valence-corrected chi connectivity index (χ4v) is 2.02. The Morgan fingerprint density at radius 1 is 1.26 bits per heavy atom. The third-order valence-corrected chi connectivity index (χ3v) is 3.21. The molecule has 0 spiro atoms. The zero-order valence-electron chi connectivity index (χ0n) is 10.5. The second-order valence-corrected chi connectivity index (χ2v) is 4.88. The van der Waals surface area contributed by atoms with E-state index in [0.717, 1.165) is 11.1 Å². The van der Waals surface area contributed by atoms with Gasteiger partial charge in [-0.2, -0.15) is 0 Å². The molecule has 2 nitrogen and oxygen atoms in total. The average molecular weight is 280 g/mol. The summed E-state index contributed by atoms with van der Waals surface area (Å²) in [6.45, 7) is 2.54. The molecule has 0 aliphatic rings. The normalized spacial score (nSPS) is 12.4. The summed E-state index contributed by atoms with van der Waals surface area (Å²) in [6, 6.07) is 12.1. The third kappa shape index (κ3) is 3.69. The first-order valence-corrected chi connectivity index (χ1v) is 6.40. The average Bonchev–Trinajstić information content (AvgIpc) is 2.40. The van der Waals surface area contributed by atoms with Gasteiger partial charge in [0.25, 0.3) is 0 Å². The van der Waals surface area contributed by atoms with Gasteiger partial charge in [-0.25, -0.2) is 4.39 Å². The minimum atomic E-state index is -0.602. The van der Waals surface area contributed by atoms with E-state index in [0.29, 0.717) is 11.6 Å². The Labute approximate surface area is 116 Å². The Hall–Kier alpha value is -1.58. The monoisotopic (exact) mass is 279 g/mol. The van der Waals surface area contributed by atoms with Gasteiger partial charge in [0.15, 0.2) is 11.6 Å². The van der Waals surface area contributed by atoms with Crippen LogP contribution in [-0.4, -0.2) is 5.11 Å². The topological polar surface area (TPSA) is 32.3 Å². The van der Waals surface area contributed by atoms with Gasteiger partial charge in [-0.05, 0) is 42.3 Å². The number of nitrogens with one attached hydrogen (secondary N) is 1. The van der Waals surface area contributed by atoms with Crippen molar-refractivity contribution in [2.24, 2.45) is 0 Å². The van der Waals surface area contributed by atoms with Crippen LogP contribution in [-0.2, 0) is 6.54 Å². The summed E-state index contributed by atoms with van der Waals surface area (Å²) in [6.07, 6.45) is 0. The van der Waals surface area contributed by atoms with Crippen molar-refractivity contribution in [2.75, 3.05) is 0 Å². The molecule has 0 bridgehead atoms. The molecule has 0 fully saturated rings. The van der Waals surface area contributed by atoms with E-state index in [1.807, 2.05) is 31.2 Å². The lowest BCUT2D eigenvalue weighted by Gasteiger charge is -2.14. The van der Waals surface area contributed by atoms with Crippen LogP contribution in [0.1, 0.15) is 24.1 Å². The van der Waals surface area contributed by atoms with E-state index in [4.69, 9.17) is 16.7 Å². The highest BCUT2D eigenvalue weighted by Crippen LogP contribution is 2.19. The highest BCUT2D eigenvalue weighted by molar-refractivity contribution is 6.30. The first-order chi connectivity index (χ1) is 9.06. The van der Waals surface area contributed by atoms with Crippen molar-refractivity contribution < 1.29 is 9.50 Å². The fourth-order valence-electron chi connectivity index (χ4n) is 1.83. The van der Waals surface area contributed by atoms with Crippen LogP contribution in [0, 0.1) is 5.82 Å². The zero-order valence-corrected chi connectivity index (χ0v) is 11.3. The summed E-state index contributed by atoms with van der Waals surface area (Å²) in [5.41, 5.74) is 1.86. The lowest BCUT2D eigenvalue weighted by molar-refractivity contribution is 0.431. The van der Waals surface area contributed by atoms with Crippen molar-refractivity contribution >= 4 is 11.6 Å².